The van der Waals surface area contributed by atoms with E-state index in [1.54, 1.807) is 0 Å². The van der Waals surface area contributed by atoms with Crippen LogP contribution in [0.2, 0.25) is 0 Å². The Hall–Kier alpha value is -1.96. The molecular weight excluding hydrogens is 307 g/mol. The van der Waals surface area contributed by atoms with Gasteiger partial charge < -0.3 is 0 Å². The van der Waals surface area contributed by atoms with Crippen LogP contribution >= 0.6 is 0 Å². The van der Waals surface area contributed by atoms with Gasteiger partial charge >= 0.3 is 6.18 Å². The van der Waals surface area contributed by atoms with Gasteiger partial charge in [-0.2, -0.15) is 18.3 Å². The molecule has 0 bridgehead atoms. The van der Waals surface area contributed by atoms with Gasteiger partial charge in [0.05, 0.1) is 11.4 Å². The smallest absolute Gasteiger partial charge is 0.294 e. The summed E-state index contributed by atoms with van der Waals surface area (Å²) in [6.45, 7) is 6.79. The van der Waals surface area contributed by atoms with Crippen LogP contribution in [0.3, 0.4) is 0 Å². The van der Waals surface area contributed by atoms with E-state index in [4.69, 9.17) is 0 Å². The molecule has 0 aromatic carbocycles. The summed E-state index contributed by atoms with van der Waals surface area (Å²) in [7, 11) is 0. The summed E-state index contributed by atoms with van der Waals surface area (Å²) in [4.78, 5) is 9.33. The molecule has 0 atom stereocenters. The summed E-state index contributed by atoms with van der Waals surface area (Å²) >= 11 is 0. The van der Waals surface area contributed by atoms with Gasteiger partial charge in [-0.25, -0.2) is 9.97 Å². The highest BCUT2D eigenvalue weighted by Gasteiger charge is 2.35. The number of halogens is 3. The molecule has 0 spiro atoms. The Kier molecular flexibility index (Phi) is 4.09. The first-order chi connectivity index (χ1) is 10.9. The minimum atomic E-state index is -4.49. The third kappa shape index (κ3) is 3.36. The van der Waals surface area contributed by atoms with Crippen molar-refractivity contribution < 1.29 is 13.2 Å². The topological polar surface area (TPSA) is 46.8 Å². The lowest BCUT2D eigenvalue weighted by Gasteiger charge is -2.27. The van der Waals surface area contributed by atoms with Gasteiger partial charge in [0, 0.05) is 56.1 Å². The number of nitrogens with zero attached hydrogens (tertiary/aromatic N) is 5. The number of alkyl halides is 3. The maximum absolute atomic E-state index is 12.7. The Bertz CT molecular complexity index is 708. The number of fused-ring (bicyclic) bond motifs is 1. The molecule has 124 valence electrons. The van der Waals surface area contributed by atoms with Crippen LogP contribution in [0.5, 0.6) is 0 Å². The average Bonchev–Trinajstić information content (AvgIpc) is 2.86. The van der Waals surface area contributed by atoms with Crippen molar-refractivity contribution in [3.05, 3.63) is 40.7 Å². The first-order valence-electron chi connectivity index (χ1n) is 7.54. The normalized spacial score (nSPS) is 15.7. The molecular formula is C15H18F3N5. The molecule has 23 heavy (non-hydrogen) atoms. The number of hydrogen-bond acceptors (Lipinski definition) is 4. The first kappa shape index (κ1) is 15.9. The fourth-order valence-electron chi connectivity index (χ4n) is 2.76. The quantitative estimate of drug-likeness (QED) is 0.870. The van der Waals surface area contributed by atoms with Gasteiger partial charge in [0.1, 0.15) is 0 Å². The Morgan fingerprint density at radius 3 is 2.74 bits per heavy atom. The summed E-state index contributed by atoms with van der Waals surface area (Å²) < 4.78 is 39.9. The molecule has 0 aliphatic carbocycles. The van der Waals surface area contributed by atoms with Crippen LogP contribution in [0.25, 0.3) is 0 Å². The number of aryl methyl sites for hydroxylation is 2. The van der Waals surface area contributed by atoms with E-state index >= 15 is 0 Å². The zero-order chi connectivity index (χ0) is 16.6. The molecule has 0 saturated carbocycles. The second-order valence-corrected chi connectivity index (χ2v) is 5.72. The van der Waals surface area contributed by atoms with Crippen molar-refractivity contribution in [3.8, 4) is 0 Å². The van der Waals surface area contributed by atoms with Crippen LogP contribution in [0.1, 0.15) is 35.3 Å². The van der Waals surface area contributed by atoms with Gasteiger partial charge in [-0.1, -0.05) is 0 Å². The van der Waals surface area contributed by atoms with Crippen molar-refractivity contribution in [1.82, 2.24) is 24.6 Å². The molecule has 0 saturated heterocycles. The lowest BCUT2D eigenvalue weighted by atomic mass is 10.1. The molecule has 0 unspecified atom stereocenters. The molecule has 5 nitrogen and oxygen atoms in total. The van der Waals surface area contributed by atoms with E-state index in [2.05, 4.69) is 20.0 Å². The molecule has 8 heteroatoms. The maximum Gasteiger partial charge on any atom is 0.451 e. The number of aromatic nitrogens is 4. The second-order valence-electron chi connectivity index (χ2n) is 5.72. The van der Waals surface area contributed by atoms with Gasteiger partial charge in [0.15, 0.2) is 0 Å². The fourth-order valence-corrected chi connectivity index (χ4v) is 2.76. The Morgan fingerprint density at radius 2 is 2.09 bits per heavy atom. The van der Waals surface area contributed by atoms with Gasteiger partial charge in [0.2, 0.25) is 5.82 Å². The van der Waals surface area contributed by atoms with E-state index in [1.807, 2.05) is 24.7 Å². The minimum Gasteiger partial charge on any atom is -0.294 e. The van der Waals surface area contributed by atoms with Crippen molar-refractivity contribution in [2.45, 2.75) is 46.1 Å². The second kappa shape index (κ2) is 5.92. The van der Waals surface area contributed by atoms with E-state index in [1.165, 1.54) is 6.20 Å². The summed E-state index contributed by atoms with van der Waals surface area (Å²) in [5.74, 6) is -1.05. The largest absolute Gasteiger partial charge is 0.451 e. The van der Waals surface area contributed by atoms with E-state index in [-0.39, 0.29) is 0 Å². The average molecular weight is 325 g/mol. The van der Waals surface area contributed by atoms with Crippen LogP contribution in [-0.2, 0) is 32.2 Å². The highest BCUT2D eigenvalue weighted by atomic mass is 19.4. The van der Waals surface area contributed by atoms with Crippen LogP contribution in [0, 0.1) is 6.92 Å². The van der Waals surface area contributed by atoms with Crippen molar-refractivity contribution in [2.75, 3.05) is 6.54 Å². The highest BCUT2D eigenvalue weighted by molar-refractivity contribution is 5.22. The molecule has 1 aliphatic rings. The molecule has 2 aromatic rings. The third-order valence-corrected chi connectivity index (χ3v) is 4.03. The Morgan fingerprint density at radius 1 is 1.30 bits per heavy atom. The van der Waals surface area contributed by atoms with E-state index in [9.17, 15) is 13.2 Å². The third-order valence-electron chi connectivity index (χ3n) is 4.03. The van der Waals surface area contributed by atoms with Crippen molar-refractivity contribution in [2.24, 2.45) is 0 Å². The molecule has 2 aromatic heterocycles. The molecule has 1 aliphatic heterocycles. The minimum absolute atomic E-state index is 0.502. The van der Waals surface area contributed by atoms with Gasteiger partial charge in [0.25, 0.3) is 0 Å². The van der Waals surface area contributed by atoms with E-state index in [0.29, 0.717) is 25.2 Å². The number of hydrogen-bond donors (Lipinski definition) is 0. The van der Waals surface area contributed by atoms with Crippen LogP contribution in [0.15, 0.2) is 12.4 Å². The molecule has 3 heterocycles. The first-order valence-corrected chi connectivity index (χ1v) is 7.54. The molecule has 0 radical (unpaired) electrons. The lowest BCUT2D eigenvalue weighted by Crippen LogP contribution is -2.31. The fraction of sp³-hybridized carbons (Fsp3) is 0.533. The summed E-state index contributed by atoms with van der Waals surface area (Å²) in [6, 6.07) is 0. The number of rotatable bonds is 3. The van der Waals surface area contributed by atoms with Gasteiger partial charge in [-0.3, -0.25) is 9.58 Å². The Labute approximate surface area is 132 Å². The summed E-state index contributed by atoms with van der Waals surface area (Å²) in [5.41, 5.74) is 3.40. The van der Waals surface area contributed by atoms with E-state index in [0.717, 1.165) is 29.9 Å². The monoisotopic (exact) mass is 325 g/mol. The van der Waals surface area contributed by atoms with Gasteiger partial charge in [-0.05, 0) is 13.8 Å². The van der Waals surface area contributed by atoms with Crippen LogP contribution in [-0.4, -0.2) is 31.2 Å². The van der Waals surface area contributed by atoms with Crippen molar-refractivity contribution in [1.29, 1.82) is 0 Å². The van der Waals surface area contributed by atoms with Gasteiger partial charge in [-0.15, -0.1) is 0 Å². The zero-order valence-corrected chi connectivity index (χ0v) is 13.1. The standard InChI is InChI=1S/C15H18F3N5/c1-3-23-9-12(10(2)21-23)8-22-5-4-13-11(7-22)6-19-14(20-13)15(16,17)18/h6,9H,3-5,7-8H2,1-2H3. The SMILES string of the molecule is CCn1cc(CN2CCc3nc(C(F)(F)F)ncc3C2)c(C)n1. The summed E-state index contributed by atoms with van der Waals surface area (Å²) in [6.07, 6.45) is -0.659. The molecule has 0 amide bonds. The van der Waals surface area contributed by atoms with E-state index < -0.39 is 12.0 Å². The Balaban J connectivity index is 1.74. The predicted octanol–water partition coefficient (Wildman–Crippen LogP) is 2.58. The zero-order valence-electron chi connectivity index (χ0n) is 13.1. The molecule has 3 rings (SSSR count). The van der Waals surface area contributed by atoms with Crippen LogP contribution < -0.4 is 0 Å². The van der Waals surface area contributed by atoms with Crippen molar-refractivity contribution in [3.63, 3.8) is 0 Å². The lowest BCUT2D eigenvalue weighted by molar-refractivity contribution is -0.145. The maximum atomic E-state index is 12.7. The molecule has 0 N–H and O–H groups in total. The summed E-state index contributed by atoms with van der Waals surface area (Å²) in [5, 5.41) is 4.42. The highest BCUT2D eigenvalue weighted by Crippen LogP contribution is 2.28. The van der Waals surface area contributed by atoms with Crippen molar-refractivity contribution >= 4 is 0 Å². The predicted molar refractivity (Wildman–Crippen MR) is 77.5 cm³/mol. The molecule has 0 fully saturated rings. The van der Waals surface area contributed by atoms with Crippen LogP contribution in [0.4, 0.5) is 13.2 Å².